The van der Waals surface area contributed by atoms with Crippen molar-refractivity contribution in [2.75, 3.05) is 24.5 Å². The highest BCUT2D eigenvalue weighted by molar-refractivity contribution is 5.92. The van der Waals surface area contributed by atoms with Crippen molar-refractivity contribution in [2.45, 2.75) is 13.5 Å². The minimum absolute atomic E-state index is 0.217. The van der Waals surface area contributed by atoms with E-state index in [9.17, 15) is 9.59 Å². The van der Waals surface area contributed by atoms with Gasteiger partial charge in [0.05, 0.1) is 18.5 Å². The standard InChI is InChI=1S/C27H29N5O4/c1-19-26(27(34)32(31(19)2)22-12-8-5-9-13-22)29-25(33)18-36-23-15-14-20(16-24(23)35-3)17-28-30-21-10-6-4-7-11-21/h4-16,28,30H,17-18H2,1-3H3,(H,29,33). The van der Waals surface area contributed by atoms with Crippen molar-refractivity contribution < 1.29 is 14.3 Å². The molecule has 1 heterocycles. The van der Waals surface area contributed by atoms with Gasteiger partial charge in [-0.3, -0.25) is 14.3 Å². The minimum Gasteiger partial charge on any atom is -0.493 e. The Hall–Kier alpha value is -4.50. The van der Waals surface area contributed by atoms with Crippen LogP contribution in [0.15, 0.2) is 83.7 Å². The zero-order valence-corrected chi connectivity index (χ0v) is 20.4. The molecule has 36 heavy (non-hydrogen) atoms. The van der Waals surface area contributed by atoms with E-state index in [4.69, 9.17) is 9.47 Å². The summed E-state index contributed by atoms with van der Waals surface area (Å²) in [6.45, 7) is 2.05. The summed E-state index contributed by atoms with van der Waals surface area (Å²) in [6, 6.07) is 24.5. The Morgan fingerprint density at radius 3 is 2.33 bits per heavy atom. The highest BCUT2D eigenvalue weighted by Crippen LogP contribution is 2.28. The normalized spacial score (nSPS) is 10.6. The molecule has 0 radical (unpaired) electrons. The number of hydrogen-bond donors (Lipinski definition) is 3. The van der Waals surface area contributed by atoms with Gasteiger partial charge in [0.2, 0.25) is 0 Å². The first-order valence-corrected chi connectivity index (χ1v) is 11.5. The fourth-order valence-electron chi connectivity index (χ4n) is 3.74. The number of methoxy groups -OCH3 is 1. The molecule has 0 unspecified atom stereocenters. The van der Waals surface area contributed by atoms with Crippen LogP contribution in [-0.4, -0.2) is 29.0 Å². The lowest BCUT2D eigenvalue weighted by Gasteiger charge is -2.13. The highest BCUT2D eigenvalue weighted by Gasteiger charge is 2.18. The van der Waals surface area contributed by atoms with Gasteiger partial charge in [0.15, 0.2) is 18.1 Å². The molecule has 0 spiro atoms. The predicted octanol–water partition coefficient (Wildman–Crippen LogP) is 3.63. The van der Waals surface area contributed by atoms with Crippen molar-refractivity contribution in [1.29, 1.82) is 0 Å². The maximum Gasteiger partial charge on any atom is 0.295 e. The van der Waals surface area contributed by atoms with Crippen LogP contribution in [0.1, 0.15) is 11.3 Å². The van der Waals surface area contributed by atoms with Gasteiger partial charge in [-0.1, -0.05) is 42.5 Å². The molecule has 0 aliphatic rings. The Bertz CT molecular complexity index is 1380. The molecule has 0 aliphatic heterocycles. The fourth-order valence-corrected chi connectivity index (χ4v) is 3.74. The third kappa shape index (κ3) is 5.59. The van der Waals surface area contributed by atoms with Gasteiger partial charge in [0.1, 0.15) is 5.69 Å². The molecule has 1 aromatic heterocycles. The Labute approximate surface area is 209 Å². The average molecular weight is 488 g/mol. The maximum atomic E-state index is 13.0. The van der Waals surface area contributed by atoms with E-state index in [1.54, 1.807) is 31.8 Å². The summed E-state index contributed by atoms with van der Waals surface area (Å²) in [4.78, 5) is 25.6. The maximum absolute atomic E-state index is 13.0. The second kappa shape index (κ2) is 11.3. The molecule has 0 saturated carbocycles. The first-order chi connectivity index (χ1) is 17.5. The van der Waals surface area contributed by atoms with Crippen molar-refractivity contribution in [1.82, 2.24) is 14.8 Å². The van der Waals surface area contributed by atoms with Crippen molar-refractivity contribution in [3.63, 3.8) is 0 Å². The van der Waals surface area contributed by atoms with Crippen molar-refractivity contribution in [2.24, 2.45) is 7.05 Å². The molecule has 9 nitrogen and oxygen atoms in total. The molecule has 1 amide bonds. The number of ether oxygens (including phenoxy) is 2. The number of carbonyl (C=O) groups excluding carboxylic acids is 1. The van der Waals surface area contributed by atoms with E-state index in [-0.39, 0.29) is 17.9 Å². The Balaban J connectivity index is 1.37. The fraction of sp³-hybridized carbons (Fsp3) is 0.185. The number of para-hydroxylation sites is 2. The van der Waals surface area contributed by atoms with Gasteiger partial charge in [-0.25, -0.2) is 10.1 Å². The second-order valence-electron chi connectivity index (χ2n) is 8.10. The quantitative estimate of drug-likeness (QED) is 0.296. The van der Waals surface area contributed by atoms with E-state index >= 15 is 0 Å². The highest BCUT2D eigenvalue weighted by atomic mass is 16.5. The third-order valence-electron chi connectivity index (χ3n) is 5.70. The lowest BCUT2D eigenvalue weighted by atomic mass is 10.2. The van der Waals surface area contributed by atoms with Crippen LogP contribution >= 0.6 is 0 Å². The Kier molecular flexibility index (Phi) is 7.72. The van der Waals surface area contributed by atoms with E-state index in [1.165, 1.54) is 4.68 Å². The lowest BCUT2D eigenvalue weighted by Crippen LogP contribution is -2.25. The van der Waals surface area contributed by atoms with Gasteiger partial charge < -0.3 is 20.2 Å². The van der Waals surface area contributed by atoms with Gasteiger partial charge in [-0.2, -0.15) is 0 Å². The van der Waals surface area contributed by atoms with E-state index in [2.05, 4.69) is 16.2 Å². The summed E-state index contributed by atoms with van der Waals surface area (Å²) in [5, 5.41) is 2.69. The number of aromatic nitrogens is 2. The largest absolute Gasteiger partial charge is 0.493 e. The molecule has 9 heteroatoms. The average Bonchev–Trinajstić information content (AvgIpc) is 3.11. The molecule has 186 valence electrons. The molecule has 0 saturated heterocycles. The van der Waals surface area contributed by atoms with Crippen LogP contribution in [-0.2, 0) is 18.4 Å². The first-order valence-electron chi connectivity index (χ1n) is 11.5. The van der Waals surface area contributed by atoms with Crippen molar-refractivity contribution >= 4 is 17.3 Å². The Morgan fingerprint density at radius 2 is 1.64 bits per heavy atom. The zero-order chi connectivity index (χ0) is 25.5. The lowest BCUT2D eigenvalue weighted by molar-refractivity contribution is -0.118. The molecular weight excluding hydrogens is 458 g/mol. The summed E-state index contributed by atoms with van der Waals surface area (Å²) in [5.41, 5.74) is 9.46. The van der Waals surface area contributed by atoms with Gasteiger partial charge in [-0.15, -0.1) is 0 Å². The van der Waals surface area contributed by atoms with E-state index in [0.717, 1.165) is 11.3 Å². The number of nitrogens with one attached hydrogen (secondary N) is 3. The molecule has 4 rings (SSSR count). The van der Waals surface area contributed by atoms with Crippen molar-refractivity contribution in [3.8, 4) is 17.2 Å². The number of nitrogens with zero attached hydrogens (tertiary/aromatic N) is 2. The predicted molar refractivity (Wildman–Crippen MR) is 140 cm³/mol. The number of hydrazine groups is 1. The van der Waals surface area contributed by atoms with Crippen LogP contribution in [0.2, 0.25) is 0 Å². The number of hydrogen-bond acceptors (Lipinski definition) is 6. The Morgan fingerprint density at radius 1 is 0.944 bits per heavy atom. The molecule has 0 atom stereocenters. The summed E-state index contributed by atoms with van der Waals surface area (Å²) in [6.07, 6.45) is 0. The molecule has 4 aromatic rings. The molecule has 3 N–H and O–H groups in total. The van der Waals surface area contributed by atoms with Crippen LogP contribution in [0.25, 0.3) is 5.69 Å². The topological polar surface area (TPSA) is 98.5 Å². The smallest absolute Gasteiger partial charge is 0.295 e. The monoisotopic (exact) mass is 487 g/mol. The van der Waals surface area contributed by atoms with Crippen LogP contribution in [0.3, 0.4) is 0 Å². The molecule has 3 aromatic carbocycles. The first kappa shape index (κ1) is 24.6. The van der Waals surface area contributed by atoms with Gasteiger partial charge in [0.25, 0.3) is 11.5 Å². The second-order valence-corrected chi connectivity index (χ2v) is 8.10. The van der Waals surface area contributed by atoms with Crippen LogP contribution in [0, 0.1) is 6.92 Å². The number of anilines is 2. The summed E-state index contributed by atoms with van der Waals surface area (Å²) in [5.74, 6) is 0.490. The van der Waals surface area contributed by atoms with Gasteiger partial charge in [-0.05, 0) is 48.9 Å². The van der Waals surface area contributed by atoms with Crippen molar-refractivity contribution in [3.05, 3.63) is 100 Å². The number of amides is 1. The molecule has 0 fully saturated rings. The molecule has 0 aliphatic carbocycles. The van der Waals surface area contributed by atoms with Crippen LogP contribution in [0.5, 0.6) is 11.5 Å². The molecule has 0 bridgehead atoms. The SMILES string of the molecule is COc1cc(CNNc2ccccc2)ccc1OCC(=O)Nc1c(C)n(C)n(-c2ccccc2)c1=O. The third-order valence-corrected chi connectivity index (χ3v) is 5.70. The van der Waals surface area contributed by atoms with E-state index < -0.39 is 5.91 Å². The number of rotatable bonds is 10. The number of benzene rings is 3. The van der Waals surface area contributed by atoms with E-state index in [0.29, 0.717) is 29.4 Å². The van der Waals surface area contributed by atoms with Crippen LogP contribution < -0.4 is 31.2 Å². The van der Waals surface area contributed by atoms with E-state index in [1.807, 2.05) is 72.8 Å². The zero-order valence-electron chi connectivity index (χ0n) is 20.4. The summed E-state index contributed by atoms with van der Waals surface area (Å²) in [7, 11) is 3.31. The van der Waals surface area contributed by atoms with Gasteiger partial charge in [0, 0.05) is 19.3 Å². The number of carbonyl (C=O) groups is 1. The summed E-state index contributed by atoms with van der Waals surface area (Å²) >= 11 is 0. The van der Waals surface area contributed by atoms with Gasteiger partial charge >= 0.3 is 0 Å². The minimum atomic E-state index is -0.444. The summed E-state index contributed by atoms with van der Waals surface area (Å²) < 4.78 is 14.4. The molecular formula is C27H29N5O4. The van der Waals surface area contributed by atoms with Crippen LogP contribution in [0.4, 0.5) is 11.4 Å².